The number of aryl methyl sites for hydroxylation is 2. The number of ether oxygens (including phenoxy) is 8. The number of hydrogen-bond donors (Lipinski definition) is 5. The Labute approximate surface area is 736 Å². The van der Waals surface area contributed by atoms with Gasteiger partial charge in [-0.3, -0.25) is 58.1 Å². The number of aliphatic carboxylic acids is 1. The van der Waals surface area contributed by atoms with Crippen LogP contribution in [0.15, 0.2) is 86.7 Å². The third kappa shape index (κ3) is 20.9. The fourth-order valence-corrected chi connectivity index (χ4v) is 19.0. The molecular formula is C93H117CoN12O18. The Morgan fingerprint density at radius 1 is 0.532 bits per heavy atom. The molecule has 10 heterocycles. The Balaban J connectivity index is 0.00000416. The van der Waals surface area contributed by atoms with E-state index in [1.54, 1.807) is 0 Å². The standard InChI is InChI=1S/C91H118N10O18.2CN.Co/c1-21-55-49(3)63-42-64-51(5)57(69(96-64)45-70-58(24-29-75(104)105)52(6)66(97-70)44-68-56(22-2)50(4)65(95-68)43-67(55)94-63)23-28-73(102)92-35-37-118-39-40-119-38-36-93-74(103)47-89(12)59(25-30-76(106)112-15)71-46-72-87(9,10)60(26-31-77(107)113-16)82(99-72)53(7)84-88(11,34-33-79(109)115-18)62(41-80(110)116-19)86(100-84)91(14)90(13,48-81(111)117-20)61(27-32-78(108)114-17)83(101-91)54(8)85(89)98-71;2*1-2;/h21-22,42-46,59-62,86H,1-2,23-41,47-48H2,3-20H3,(H6,92,93,94,95,96,97,98,99,100,101,102,103,104,105);;;/q;2*-1;+3/p-1/t59-,60-,61-,62+,86?,88-,89+,90+,91+;;;/m1.../s1. The average molecular weight is 1750 g/mol. The van der Waals surface area contributed by atoms with Crippen molar-refractivity contribution in [2.75, 3.05) is 82.2 Å². The number of rotatable bonds is 35. The van der Waals surface area contributed by atoms with Crippen molar-refractivity contribution in [3.05, 3.63) is 135 Å². The van der Waals surface area contributed by atoms with Crippen LogP contribution in [0.1, 0.15) is 211 Å². The summed E-state index contributed by atoms with van der Waals surface area (Å²) in [4.78, 5) is 157. The molecule has 124 heavy (non-hydrogen) atoms. The fraction of sp³-hybridized carbons (Fsp3) is 0.527. The number of methoxy groups -OCH3 is 6. The van der Waals surface area contributed by atoms with Crippen LogP contribution in [-0.4, -0.2) is 190 Å². The van der Waals surface area contributed by atoms with E-state index in [1.807, 2.05) is 120 Å². The van der Waals surface area contributed by atoms with Gasteiger partial charge in [0.1, 0.15) is 0 Å². The van der Waals surface area contributed by atoms with Crippen LogP contribution in [0.2, 0.25) is 0 Å². The molecular weight excluding hydrogens is 1630 g/mol. The molecule has 3 aromatic heterocycles. The second-order valence-electron chi connectivity index (χ2n) is 33.4. The summed E-state index contributed by atoms with van der Waals surface area (Å²) in [6.45, 7) is 42.2. The first-order chi connectivity index (χ1) is 58.4. The zero-order chi connectivity index (χ0) is 91.0. The van der Waals surface area contributed by atoms with Gasteiger partial charge in [0, 0.05) is 154 Å². The minimum Gasteiger partial charge on any atom is -0.682 e. The van der Waals surface area contributed by atoms with E-state index in [-0.39, 0.29) is 158 Å². The summed E-state index contributed by atoms with van der Waals surface area (Å²) >= 11 is 0. The Morgan fingerprint density at radius 2 is 1.01 bits per heavy atom. The number of nitrogens with zero attached hydrogens (tertiary/aromatic N) is 8. The predicted octanol–water partition coefficient (Wildman–Crippen LogP) is 14.3. The minimum atomic E-state index is -1.46. The number of carboxylic acids is 1. The number of esters is 6. The Morgan fingerprint density at radius 3 is 1.52 bits per heavy atom. The number of H-pyrrole nitrogens is 2. The topological polar surface area (TPSA) is 428 Å². The number of fused-ring (bicyclic) bond motifs is 14. The van der Waals surface area contributed by atoms with Crippen molar-refractivity contribution < 1.29 is 103 Å². The van der Waals surface area contributed by atoms with E-state index in [0.717, 1.165) is 66.6 Å². The molecule has 0 radical (unpaired) electrons. The third-order valence-electron chi connectivity index (χ3n) is 26.3. The zero-order valence-electron chi connectivity index (χ0n) is 74.5. The summed E-state index contributed by atoms with van der Waals surface area (Å²) in [5.41, 5.74) is 11.4. The van der Waals surface area contributed by atoms with Crippen LogP contribution in [0.5, 0.6) is 0 Å². The van der Waals surface area contributed by atoms with Gasteiger partial charge in [-0.15, -0.1) is 0 Å². The summed E-state index contributed by atoms with van der Waals surface area (Å²) in [5.74, 6) is -7.32. The van der Waals surface area contributed by atoms with Crippen molar-refractivity contribution in [3.63, 3.8) is 0 Å². The van der Waals surface area contributed by atoms with Gasteiger partial charge in [0.25, 0.3) is 0 Å². The van der Waals surface area contributed by atoms with Crippen molar-refractivity contribution in [3.8, 4) is 0 Å². The van der Waals surface area contributed by atoms with Crippen molar-refractivity contribution in [1.82, 2.24) is 30.6 Å². The van der Waals surface area contributed by atoms with Gasteiger partial charge in [-0.1, -0.05) is 66.0 Å². The molecule has 0 spiro atoms. The van der Waals surface area contributed by atoms with Crippen molar-refractivity contribution in [2.45, 2.75) is 191 Å². The van der Waals surface area contributed by atoms with Crippen molar-refractivity contribution >= 4 is 127 Å². The van der Waals surface area contributed by atoms with E-state index >= 15 is 4.79 Å². The number of aliphatic imine (C=N–C) groups is 3. The van der Waals surface area contributed by atoms with E-state index in [2.05, 4.69) is 39.8 Å². The molecule has 0 aliphatic carbocycles. The number of amides is 2. The Kier molecular flexibility index (Phi) is 34.5. The van der Waals surface area contributed by atoms with Crippen LogP contribution in [0.3, 0.4) is 0 Å². The SMILES string of the molecule is C=Cc1c(C)c2cc3[nH]c(cc4nc(cc5nc(cc1[nH]2)C(C)=C5CCC(=O)O)C(CCC(=O)NCCOCCOCCNC(=O)C[C@]1(C)/C2=C(\C)C5=N[C@@](C)(C6[N-]/C(=C(/C)C7=N/C(=C\C(=N2)[C@H]1CCC(=O)OC)C(C)(C)[C@@H]7CCC(=O)OC)[C@](C)(CCC(=O)OC)[C@H]6CC(=O)OC)[C@@](C)(CC(=O)OC)[C@@H]5CCC(=O)OC)=C4C)c(C)c3C=C.[C-]#N.[C-]#N.[Co+3]. The van der Waals surface area contributed by atoms with Gasteiger partial charge in [0.15, 0.2) is 0 Å². The van der Waals surface area contributed by atoms with Gasteiger partial charge >= 0.3 is 58.6 Å². The number of aromatic amines is 2. The fourth-order valence-electron chi connectivity index (χ4n) is 19.0. The quantitative estimate of drug-likeness (QED) is 0.0158. The third-order valence-corrected chi connectivity index (χ3v) is 26.3. The molecule has 1 unspecified atom stereocenters. The molecule has 10 rings (SSSR count). The first-order valence-corrected chi connectivity index (χ1v) is 41.3. The average Bonchev–Trinajstić information content (AvgIpc) is 1.52. The molecule has 31 heteroatoms. The van der Waals surface area contributed by atoms with Crippen LogP contribution in [0, 0.1) is 82.8 Å². The van der Waals surface area contributed by atoms with Gasteiger partial charge in [-0.2, -0.15) is 5.70 Å². The zero-order valence-corrected chi connectivity index (χ0v) is 75.5. The first-order valence-electron chi connectivity index (χ1n) is 41.3. The molecule has 7 aliphatic rings. The van der Waals surface area contributed by atoms with Crippen molar-refractivity contribution in [2.24, 2.45) is 60.3 Å². The second-order valence-corrected chi connectivity index (χ2v) is 33.4. The molecule has 1 fully saturated rings. The number of carbonyl (C=O) groups excluding carboxylic acids is 8. The van der Waals surface area contributed by atoms with E-state index in [1.165, 1.54) is 42.7 Å². The van der Waals surface area contributed by atoms with Gasteiger partial charge in [-0.05, 0) is 173 Å². The molecule has 3 aromatic rings. The number of hydrogen-bond acceptors (Lipinski definition) is 24. The normalized spacial score (nSPS) is 24.1. The molecule has 7 aliphatic heterocycles. The molecule has 2 amide bonds. The first kappa shape index (κ1) is 99.8. The molecule has 9 atom stereocenters. The van der Waals surface area contributed by atoms with Crippen LogP contribution in [0.4, 0.5) is 0 Å². The molecule has 0 aromatic carbocycles. The van der Waals surface area contributed by atoms with Gasteiger partial charge < -0.3 is 92.6 Å². The van der Waals surface area contributed by atoms with E-state index in [9.17, 15) is 43.5 Å². The van der Waals surface area contributed by atoms with E-state index in [0.29, 0.717) is 74.6 Å². The summed E-state index contributed by atoms with van der Waals surface area (Å²) in [6.07, 6.45) is 5.92. The maximum atomic E-state index is 15.0. The molecule has 666 valence electrons. The van der Waals surface area contributed by atoms with Crippen LogP contribution in [-0.2, 0) is 97.8 Å². The number of carbonyl (C=O) groups is 9. The second kappa shape index (κ2) is 42.9. The number of aromatic nitrogens is 4. The number of allylic oxidation sites excluding steroid dienone is 10. The number of nitrogens with one attached hydrogen (secondary N) is 4. The largest absolute Gasteiger partial charge is 3.00 e. The Bertz CT molecular complexity index is 5160. The number of carboxylic acid groups (broad SMARTS) is 1. The smallest absolute Gasteiger partial charge is 0.682 e. The van der Waals surface area contributed by atoms with Gasteiger partial charge in [0.05, 0.1) is 110 Å². The molecule has 16 bridgehead atoms. The predicted molar refractivity (Wildman–Crippen MR) is 466 cm³/mol. The maximum Gasteiger partial charge on any atom is 3.00 e. The van der Waals surface area contributed by atoms with Crippen molar-refractivity contribution in [1.29, 1.82) is 10.5 Å². The molecule has 30 nitrogen and oxygen atoms in total. The van der Waals surface area contributed by atoms with Gasteiger partial charge in [-0.25, -0.2) is 9.97 Å². The summed E-state index contributed by atoms with van der Waals surface area (Å²) in [7, 11) is 7.83. The van der Waals surface area contributed by atoms with Gasteiger partial charge in [0.2, 0.25) is 11.8 Å². The summed E-state index contributed by atoms with van der Waals surface area (Å²) in [5, 5.41) is 34.2. The van der Waals surface area contributed by atoms with Crippen LogP contribution in [0.25, 0.3) is 61.8 Å². The Hall–Kier alpha value is -11.3. The maximum absolute atomic E-state index is 15.0. The van der Waals surface area contributed by atoms with Crippen LogP contribution < -0.4 is 10.6 Å². The summed E-state index contributed by atoms with van der Waals surface area (Å²) < 4.78 is 43.9. The molecule has 0 saturated carbocycles. The summed E-state index contributed by atoms with van der Waals surface area (Å²) in [6, 6.07) is 6.95. The van der Waals surface area contributed by atoms with E-state index < -0.39 is 98.7 Å². The minimum absolute atomic E-state index is 0. The molecule has 5 N–H and O–H groups in total. The van der Waals surface area contributed by atoms with E-state index in [4.69, 9.17) is 91.8 Å². The molecule has 1 saturated heterocycles. The monoisotopic (exact) mass is 1750 g/mol. The van der Waals surface area contributed by atoms with Crippen LogP contribution >= 0.6 is 0 Å².